The Balaban J connectivity index is 1.64. The molecule has 0 radical (unpaired) electrons. The molecule has 7 nitrogen and oxygen atoms in total. The Morgan fingerprint density at radius 2 is 2.16 bits per heavy atom. The highest BCUT2D eigenvalue weighted by atomic mass is 32.1. The summed E-state index contributed by atoms with van der Waals surface area (Å²) in [6.07, 6.45) is -0.814. The molecule has 0 spiro atoms. The summed E-state index contributed by atoms with van der Waals surface area (Å²) in [5.74, 6) is -0.0373. The average molecular weight is 363 g/mol. The number of hydrogen-bond acceptors (Lipinski definition) is 6. The molecular formula is C15H12F2N6OS. The predicted octanol–water partition coefficient (Wildman–Crippen LogP) is 2.29. The second-order valence-corrected chi connectivity index (χ2v) is 6.25. The maximum Gasteiger partial charge on any atom is 0.320 e. The molecule has 128 valence electrons. The van der Waals surface area contributed by atoms with Crippen molar-refractivity contribution in [3.8, 4) is 10.8 Å². The van der Waals surface area contributed by atoms with Crippen molar-refractivity contribution in [3.05, 3.63) is 47.5 Å². The van der Waals surface area contributed by atoms with Crippen LogP contribution in [0.2, 0.25) is 0 Å². The van der Waals surface area contributed by atoms with Gasteiger partial charge in [-0.15, -0.1) is 14.6 Å². The van der Waals surface area contributed by atoms with E-state index in [-0.39, 0.29) is 17.5 Å². The van der Waals surface area contributed by atoms with Crippen LogP contribution in [-0.2, 0) is 6.54 Å². The Morgan fingerprint density at radius 1 is 1.32 bits per heavy atom. The maximum absolute atomic E-state index is 13.3. The largest absolute Gasteiger partial charge is 0.327 e. The number of hydrogen-bond donors (Lipinski definition) is 0. The second kappa shape index (κ2) is 5.96. The molecule has 0 N–H and O–H groups in total. The predicted molar refractivity (Wildman–Crippen MR) is 84.7 cm³/mol. The van der Waals surface area contributed by atoms with Gasteiger partial charge in [-0.2, -0.15) is 9.37 Å². The first-order valence-corrected chi connectivity index (χ1v) is 8.23. The summed E-state index contributed by atoms with van der Waals surface area (Å²) in [5.41, 5.74) is 0.239. The van der Waals surface area contributed by atoms with Crippen molar-refractivity contribution in [2.24, 2.45) is 0 Å². The Kier molecular flexibility index (Phi) is 3.47. The minimum absolute atomic E-state index is 0.239. The lowest BCUT2D eigenvalue weighted by atomic mass is 10.1. The topological polar surface area (TPSA) is 76.8 Å². The Labute approximate surface area is 146 Å². The van der Waals surface area contributed by atoms with Crippen molar-refractivity contribution in [2.45, 2.75) is 19.5 Å². The number of halogens is 2. The van der Waals surface area contributed by atoms with Crippen molar-refractivity contribution >= 4 is 17.4 Å². The van der Waals surface area contributed by atoms with Crippen LogP contribution >= 0.6 is 11.5 Å². The number of carbonyl (C=O) groups excluding carboxylic acids is 1. The lowest BCUT2D eigenvalue weighted by Crippen LogP contribution is -2.41. The number of nitrogens with zero attached hydrogens (tertiary/aromatic N) is 6. The Hall–Kier alpha value is -2.75. The van der Waals surface area contributed by atoms with Crippen molar-refractivity contribution in [2.75, 3.05) is 6.54 Å². The van der Waals surface area contributed by atoms with Crippen LogP contribution in [0.25, 0.3) is 10.8 Å². The van der Waals surface area contributed by atoms with Crippen LogP contribution in [0.4, 0.5) is 8.78 Å². The van der Waals surface area contributed by atoms with Gasteiger partial charge in [0, 0.05) is 18.7 Å². The highest BCUT2D eigenvalue weighted by Crippen LogP contribution is 2.29. The lowest BCUT2D eigenvalue weighted by Gasteiger charge is -2.33. The standard InChI is InChI=1S/C15H12F2N6OS/c1-8-11-19-20-12(13-18-15(17)21-25-13)23(11)7-6-22(8)14(24)9-2-4-10(16)5-3-9/h2-5,8H,6-7H2,1H3/t8-/m1/s1/i4D. The van der Waals surface area contributed by atoms with Crippen LogP contribution in [0.3, 0.4) is 0 Å². The SMILES string of the molecule is [2H]c1cc(C(=O)N2CCn3c(-c4nc(F)ns4)nnc3[C@H]2C)ccc1F. The smallest absolute Gasteiger partial charge is 0.320 e. The highest BCUT2D eigenvalue weighted by Gasteiger charge is 2.32. The number of benzene rings is 1. The summed E-state index contributed by atoms with van der Waals surface area (Å²) in [6, 6.07) is 2.95. The van der Waals surface area contributed by atoms with Crippen LogP contribution < -0.4 is 0 Å². The first-order chi connectivity index (χ1) is 12.5. The lowest BCUT2D eigenvalue weighted by molar-refractivity contribution is 0.0638. The molecular weight excluding hydrogens is 350 g/mol. The van der Waals surface area contributed by atoms with E-state index in [0.717, 1.165) is 17.6 Å². The minimum Gasteiger partial charge on any atom is -0.327 e. The molecule has 3 heterocycles. The molecule has 0 fully saturated rings. The first-order valence-electron chi connectivity index (χ1n) is 7.95. The fourth-order valence-electron chi connectivity index (χ4n) is 2.82. The summed E-state index contributed by atoms with van der Waals surface area (Å²) >= 11 is 0.892. The van der Waals surface area contributed by atoms with Crippen molar-refractivity contribution < 1.29 is 14.9 Å². The molecule has 3 aromatic rings. The van der Waals surface area contributed by atoms with Gasteiger partial charge in [-0.05, 0) is 42.7 Å². The fraction of sp³-hybridized carbons (Fsp3) is 0.267. The monoisotopic (exact) mass is 363 g/mol. The molecule has 1 atom stereocenters. The van der Waals surface area contributed by atoms with Crippen LogP contribution in [0.15, 0.2) is 24.2 Å². The summed E-state index contributed by atoms with van der Waals surface area (Å²) in [6.45, 7) is 2.57. The molecule has 0 bridgehead atoms. The zero-order valence-corrected chi connectivity index (χ0v) is 13.8. The summed E-state index contributed by atoms with van der Waals surface area (Å²) in [4.78, 5) is 18.0. The van der Waals surface area contributed by atoms with E-state index in [9.17, 15) is 13.6 Å². The number of fused-ring (bicyclic) bond motifs is 1. The maximum atomic E-state index is 13.3. The molecule has 0 saturated heterocycles. The molecule has 1 aliphatic heterocycles. The summed E-state index contributed by atoms with van der Waals surface area (Å²) in [5, 5.41) is 8.51. The van der Waals surface area contributed by atoms with Crippen molar-refractivity contribution in [1.82, 2.24) is 29.0 Å². The zero-order chi connectivity index (χ0) is 18.4. The molecule has 4 rings (SSSR count). The highest BCUT2D eigenvalue weighted by molar-refractivity contribution is 7.08. The Bertz CT molecular complexity index is 1010. The van der Waals surface area contributed by atoms with E-state index in [0.29, 0.717) is 29.7 Å². The Morgan fingerprint density at radius 3 is 2.88 bits per heavy atom. The quantitative estimate of drug-likeness (QED) is 0.698. The van der Waals surface area contributed by atoms with Gasteiger partial charge in [0.15, 0.2) is 16.7 Å². The van der Waals surface area contributed by atoms with Crippen LogP contribution in [0.1, 0.15) is 30.5 Å². The van der Waals surface area contributed by atoms with Gasteiger partial charge in [-0.25, -0.2) is 4.39 Å². The van der Waals surface area contributed by atoms with Gasteiger partial charge < -0.3 is 9.47 Å². The molecule has 1 amide bonds. The summed E-state index contributed by atoms with van der Waals surface area (Å²) < 4.78 is 39.2. The van der Waals surface area contributed by atoms with Crippen molar-refractivity contribution in [3.63, 3.8) is 0 Å². The van der Waals surface area contributed by atoms with Crippen LogP contribution in [-0.4, -0.2) is 41.5 Å². The van der Waals surface area contributed by atoms with E-state index in [2.05, 4.69) is 19.6 Å². The van der Waals surface area contributed by atoms with Gasteiger partial charge in [0.25, 0.3) is 5.91 Å². The van der Waals surface area contributed by atoms with E-state index in [1.807, 2.05) is 0 Å². The first kappa shape index (κ1) is 14.6. The normalized spacial score (nSPS) is 17.3. The number of carbonyl (C=O) groups is 1. The van der Waals surface area contributed by atoms with Gasteiger partial charge in [0.2, 0.25) is 0 Å². The van der Waals surface area contributed by atoms with E-state index in [4.69, 9.17) is 1.37 Å². The summed E-state index contributed by atoms with van der Waals surface area (Å²) in [7, 11) is 0. The third-order valence-electron chi connectivity index (χ3n) is 4.06. The van der Waals surface area contributed by atoms with Gasteiger partial charge in [0.05, 0.1) is 7.41 Å². The van der Waals surface area contributed by atoms with Gasteiger partial charge in [-0.1, -0.05) is 0 Å². The molecule has 10 heteroatoms. The van der Waals surface area contributed by atoms with E-state index in [1.54, 1.807) is 16.4 Å². The van der Waals surface area contributed by atoms with E-state index >= 15 is 0 Å². The zero-order valence-electron chi connectivity index (χ0n) is 14.0. The van der Waals surface area contributed by atoms with Gasteiger partial charge in [-0.3, -0.25) is 4.79 Å². The number of aromatic nitrogens is 5. The average Bonchev–Trinajstić information content (AvgIpc) is 3.23. The third-order valence-corrected chi connectivity index (χ3v) is 4.75. The van der Waals surface area contributed by atoms with Gasteiger partial charge >= 0.3 is 6.08 Å². The van der Waals surface area contributed by atoms with Crippen molar-refractivity contribution in [1.29, 1.82) is 0 Å². The van der Waals surface area contributed by atoms with E-state index in [1.165, 1.54) is 12.1 Å². The van der Waals surface area contributed by atoms with Gasteiger partial charge in [0.1, 0.15) is 5.82 Å². The molecule has 2 aromatic heterocycles. The third kappa shape index (κ3) is 2.68. The molecule has 0 aliphatic carbocycles. The molecule has 0 saturated carbocycles. The molecule has 0 unspecified atom stereocenters. The fourth-order valence-corrected chi connectivity index (χ4v) is 3.37. The number of rotatable bonds is 2. The second-order valence-electron chi connectivity index (χ2n) is 5.50. The minimum atomic E-state index is -0.814. The van der Waals surface area contributed by atoms with Crippen LogP contribution in [0, 0.1) is 11.9 Å². The van der Waals surface area contributed by atoms with E-state index < -0.39 is 17.9 Å². The van der Waals surface area contributed by atoms with Crippen LogP contribution in [0.5, 0.6) is 0 Å². The number of amides is 1. The molecule has 1 aliphatic rings. The molecule has 1 aromatic carbocycles. The molecule has 25 heavy (non-hydrogen) atoms.